The second kappa shape index (κ2) is 7.42. The van der Waals surface area contributed by atoms with Crippen LogP contribution < -0.4 is 10.6 Å². The summed E-state index contributed by atoms with van der Waals surface area (Å²) in [5, 5.41) is 8.86. The number of amides is 2. The van der Waals surface area contributed by atoms with E-state index in [1.54, 1.807) is 16.9 Å². The van der Waals surface area contributed by atoms with Crippen molar-refractivity contribution >= 4 is 17.5 Å². The topological polar surface area (TPSA) is 76.0 Å². The van der Waals surface area contributed by atoms with Crippen LogP contribution in [0.2, 0.25) is 0 Å². The molecule has 1 heterocycles. The molecule has 3 rings (SSSR count). The minimum Gasteiger partial charge on any atom is -0.343 e. The molecule has 0 spiro atoms. The number of aromatic nitrogens is 2. The van der Waals surface area contributed by atoms with Crippen molar-refractivity contribution in [3.63, 3.8) is 0 Å². The number of halogens is 3. The van der Waals surface area contributed by atoms with E-state index >= 15 is 0 Å². The van der Waals surface area contributed by atoms with Gasteiger partial charge >= 0.3 is 6.18 Å². The lowest BCUT2D eigenvalue weighted by atomic mass is 10.1. The quantitative estimate of drug-likeness (QED) is 0.807. The zero-order chi connectivity index (χ0) is 19.6. The first-order valence-corrected chi connectivity index (χ1v) is 8.61. The Labute approximate surface area is 153 Å². The summed E-state index contributed by atoms with van der Waals surface area (Å²) in [6, 6.07) is 5.94. The Balaban J connectivity index is 1.79. The number of benzene rings is 1. The van der Waals surface area contributed by atoms with Gasteiger partial charge in [0.25, 0.3) is 11.8 Å². The molecule has 9 heteroatoms. The molecule has 1 aliphatic rings. The molecule has 0 aliphatic heterocycles. The average molecular weight is 380 g/mol. The fourth-order valence-corrected chi connectivity index (χ4v) is 2.69. The van der Waals surface area contributed by atoms with Crippen LogP contribution in [-0.2, 0) is 6.54 Å². The molecule has 0 atom stereocenters. The molecule has 144 valence electrons. The van der Waals surface area contributed by atoms with Crippen LogP contribution in [0, 0.1) is 0 Å². The van der Waals surface area contributed by atoms with Gasteiger partial charge in [-0.1, -0.05) is 12.1 Å². The van der Waals surface area contributed by atoms with Crippen molar-refractivity contribution in [2.75, 3.05) is 11.9 Å². The summed E-state index contributed by atoms with van der Waals surface area (Å²) < 4.78 is 38.7. The molecule has 27 heavy (non-hydrogen) atoms. The Morgan fingerprint density at radius 2 is 1.89 bits per heavy atom. The van der Waals surface area contributed by atoms with Crippen LogP contribution >= 0.6 is 0 Å². The second-order valence-electron chi connectivity index (χ2n) is 6.36. The zero-order valence-electron chi connectivity index (χ0n) is 14.6. The third-order valence-electron chi connectivity index (χ3n) is 4.19. The summed E-state index contributed by atoms with van der Waals surface area (Å²) >= 11 is 0. The summed E-state index contributed by atoms with van der Waals surface area (Å²) in [6.45, 7) is 1.08. The number of anilines is 1. The first kappa shape index (κ1) is 18.9. The van der Waals surface area contributed by atoms with Crippen molar-refractivity contribution in [3.05, 3.63) is 47.3 Å². The Morgan fingerprint density at radius 1 is 1.19 bits per heavy atom. The van der Waals surface area contributed by atoms with Gasteiger partial charge < -0.3 is 10.6 Å². The van der Waals surface area contributed by atoms with E-state index in [9.17, 15) is 22.8 Å². The molecular weight excluding hydrogens is 361 g/mol. The van der Waals surface area contributed by atoms with Crippen molar-refractivity contribution < 1.29 is 22.8 Å². The predicted octanol–water partition coefficient (Wildman–Crippen LogP) is 3.32. The van der Waals surface area contributed by atoms with Gasteiger partial charge in [-0.05, 0) is 31.9 Å². The first-order valence-electron chi connectivity index (χ1n) is 8.61. The van der Waals surface area contributed by atoms with Crippen molar-refractivity contribution in [2.24, 2.45) is 0 Å². The number of aryl methyl sites for hydroxylation is 1. The molecule has 1 aliphatic carbocycles. The summed E-state index contributed by atoms with van der Waals surface area (Å²) in [6.07, 6.45) is -0.925. The van der Waals surface area contributed by atoms with E-state index in [4.69, 9.17) is 0 Å². The number of nitrogens with zero attached hydrogens (tertiary/aromatic N) is 2. The third kappa shape index (κ3) is 4.66. The molecule has 6 nitrogen and oxygen atoms in total. The van der Waals surface area contributed by atoms with Crippen molar-refractivity contribution in [3.8, 4) is 0 Å². The normalized spacial score (nSPS) is 14.1. The molecular formula is C18H19F3N4O2. The van der Waals surface area contributed by atoms with Gasteiger partial charge in [0.15, 0.2) is 0 Å². The molecule has 2 N–H and O–H groups in total. The lowest BCUT2D eigenvalue weighted by Gasteiger charge is -2.12. The Kier molecular flexibility index (Phi) is 5.20. The lowest BCUT2D eigenvalue weighted by Crippen LogP contribution is -2.34. The number of carbonyl (C=O) groups is 2. The van der Waals surface area contributed by atoms with Crippen LogP contribution in [-0.4, -0.2) is 34.3 Å². The second-order valence-corrected chi connectivity index (χ2v) is 6.36. The van der Waals surface area contributed by atoms with Crippen LogP contribution in [0.15, 0.2) is 30.5 Å². The summed E-state index contributed by atoms with van der Waals surface area (Å²) in [5.74, 6) is -1.09. The van der Waals surface area contributed by atoms with Gasteiger partial charge in [0, 0.05) is 18.7 Å². The molecule has 0 bridgehead atoms. The SMILES string of the molecule is CCn1cc(C(=O)Nc2ccccc2C(=O)NCC(F)(F)F)c(C2CC2)n1. The molecule has 2 amide bonds. The summed E-state index contributed by atoms with van der Waals surface area (Å²) in [7, 11) is 0. The monoisotopic (exact) mass is 380 g/mol. The molecule has 1 saturated carbocycles. The fraction of sp³-hybridized carbons (Fsp3) is 0.389. The molecule has 2 aromatic rings. The molecule has 0 radical (unpaired) electrons. The van der Waals surface area contributed by atoms with Crippen molar-refractivity contribution in [1.82, 2.24) is 15.1 Å². The van der Waals surface area contributed by atoms with Gasteiger partial charge in [-0.15, -0.1) is 0 Å². The van der Waals surface area contributed by atoms with E-state index < -0.39 is 24.5 Å². The molecule has 1 aromatic carbocycles. The number of para-hydroxylation sites is 1. The maximum absolute atomic E-state index is 12.7. The maximum Gasteiger partial charge on any atom is 0.405 e. The van der Waals surface area contributed by atoms with Gasteiger partial charge in [0.05, 0.1) is 22.5 Å². The van der Waals surface area contributed by atoms with Crippen LogP contribution in [0.4, 0.5) is 18.9 Å². The smallest absolute Gasteiger partial charge is 0.343 e. The van der Waals surface area contributed by atoms with E-state index in [-0.39, 0.29) is 17.2 Å². The van der Waals surface area contributed by atoms with Crippen molar-refractivity contribution in [2.45, 2.75) is 38.4 Å². The summed E-state index contributed by atoms with van der Waals surface area (Å²) in [5.41, 5.74) is 1.25. The van der Waals surface area contributed by atoms with E-state index in [2.05, 4.69) is 10.4 Å². The van der Waals surface area contributed by atoms with Gasteiger partial charge in [0.2, 0.25) is 0 Å². The number of hydrogen-bond acceptors (Lipinski definition) is 3. The van der Waals surface area contributed by atoms with Crippen LogP contribution in [0.5, 0.6) is 0 Å². The lowest BCUT2D eigenvalue weighted by molar-refractivity contribution is -0.123. The minimum atomic E-state index is -4.51. The van der Waals surface area contributed by atoms with Crippen LogP contribution in [0.1, 0.15) is 52.1 Å². The molecule has 1 fully saturated rings. The first-order chi connectivity index (χ1) is 12.8. The number of rotatable bonds is 6. The highest BCUT2D eigenvalue weighted by atomic mass is 19.4. The Bertz CT molecular complexity index is 857. The van der Waals surface area contributed by atoms with E-state index in [1.165, 1.54) is 18.2 Å². The highest BCUT2D eigenvalue weighted by Gasteiger charge is 2.32. The zero-order valence-corrected chi connectivity index (χ0v) is 14.6. The van der Waals surface area contributed by atoms with Gasteiger partial charge in [-0.25, -0.2) is 0 Å². The highest BCUT2D eigenvalue weighted by Crippen LogP contribution is 2.41. The fourth-order valence-electron chi connectivity index (χ4n) is 2.69. The predicted molar refractivity (Wildman–Crippen MR) is 92.7 cm³/mol. The Hall–Kier alpha value is -2.84. The molecule has 1 aromatic heterocycles. The van der Waals surface area contributed by atoms with Crippen molar-refractivity contribution in [1.29, 1.82) is 0 Å². The maximum atomic E-state index is 12.7. The van der Waals surface area contributed by atoms with Crippen LogP contribution in [0.25, 0.3) is 0 Å². The van der Waals surface area contributed by atoms with Gasteiger partial charge in [-0.2, -0.15) is 18.3 Å². The highest BCUT2D eigenvalue weighted by molar-refractivity contribution is 6.09. The van der Waals surface area contributed by atoms with Gasteiger partial charge in [-0.3, -0.25) is 14.3 Å². The number of hydrogen-bond donors (Lipinski definition) is 2. The van der Waals surface area contributed by atoms with Gasteiger partial charge in [0.1, 0.15) is 6.54 Å². The van der Waals surface area contributed by atoms with E-state index in [0.717, 1.165) is 12.8 Å². The minimum absolute atomic E-state index is 0.0362. The number of alkyl halides is 3. The van der Waals surface area contributed by atoms with Crippen LogP contribution in [0.3, 0.4) is 0 Å². The molecule has 0 saturated heterocycles. The Morgan fingerprint density at radius 3 is 2.52 bits per heavy atom. The largest absolute Gasteiger partial charge is 0.405 e. The van der Waals surface area contributed by atoms with E-state index in [1.807, 2.05) is 12.2 Å². The van der Waals surface area contributed by atoms with E-state index in [0.29, 0.717) is 17.8 Å². The number of nitrogens with one attached hydrogen (secondary N) is 2. The number of carbonyl (C=O) groups excluding carboxylic acids is 2. The standard InChI is InChI=1S/C18H19F3N4O2/c1-2-25-9-13(15(24-25)11-7-8-11)17(27)23-14-6-4-3-5-12(14)16(26)22-10-18(19,20)21/h3-6,9,11H,2,7-8,10H2,1H3,(H,22,26)(H,23,27). The molecule has 0 unspecified atom stereocenters. The average Bonchev–Trinajstić information content (AvgIpc) is 3.38. The third-order valence-corrected chi connectivity index (χ3v) is 4.19. The summed E-state index contributed by atoms with van der Waals surface area (Å²) in [4.78, 5) is 24.8.